The summed E-state index contributed by atoms with van der Waals surface area (Å²) in [5, 5.41) is 0.899. The van der Waals surface area contributed by atoms with Gasteiger partial charge in [-0.15, -0.1) is 0 Å². The van der Waals surface area contributed by atoms with E-state index in [1.165, 1.54) is 0 Å². The summed E-state index contributed by atoms with van der Waals surface area (Å²) >= 11 is 12.3. The standard InChI is InChI=1S/C13H20Cl2N4O/c1-12(2)6-19(7-13(3,4)20-12)11-9(15)5-8(14)10(17-11)18-16/h5H,6-7,16H2,1-4H3,(H,17,18). The summed E-state index contributed by atoms with van der Waals surface area (Å²) < 4.78 is 6.05. The number of anilines is 2. The van der Waals surface area contributed by atoms with Gasteiger partial charge in [0.05, 0.1) is 21.2 Å². The van der Waals surface area contributed by atoms with Crippen LogP contribution in [0.5, 0.6) is 0 Å². The molecule has 2 rings (SSSR count). The van der Waals surface area contributed by atoms with E-state index >= 15 is 0 Å². The average molecular weight is 319 g/mol. The first-order chi connectivity index (χ1) is 9.13. The van der Waals surface area contributed by atoms with Crippen molar-refractivity contribution in [2.24, 2.45) is 5.84 Å². The molecule has 2 heterocycles. The monoisotopic (exact) mass is 318 g/mol. The summed E-state index contributed by atoms with van der Waals surface area (Å²) in [6.45, 7) is 9.57. The number of nitrogens with two attached hydrogens (primary N) is 1. The predicted octanol–water partition coefficient (Wildman–Crippen LogP) is 3.07. The van der Waals surface area contributed by atoms with Crippen LogP contribution in [0, 0.1) is 0 Å². The first-order valence-corrected chi connectivity index (χ1v) is 7.17. The van der Waals surface area contributed by atoms with Crippen molar-refractivity contribution in [2.45, 2.75) is 38.9 Å². The number of nitrogen functional groups attached to an aromatic ring is 1. The van der Waals surface area contributed by atoms with Crippen molar-refractivity contribution in [3.63, 3.8) is 0 Å². The second kappa shape index (κ2) is 5.22. The van der Waals surface area contributed by atoms with E-state index in [-0.39, 0.29) is 11.2 Å². The van der Waals surface area contributed by atoms with E-state index in [1.54, 1.807) is 6.07 Å². The highest BCUT2D eigenvalue weighted by Crippen LogP contribution is 2.36. The number of pyridine rings is 1. The molecule has 5 nitrogen and oxygen atoms in total. The molecule has 0 atom stereocenters. The van der Waals surface area contributed by atoms with Gasteiger partial charge in [-0.1, -0.05) is 23.2 Å². The number of aromatic nitrogens is 1. The molecule has 0 saturated carbocycles. The molecule has 0 unspecified atom stereocenters. The smallest absolute Gasteiger partial charge is 0.161 e. The number of hydrazine groups is 1. The van der Waals surface area contributed by atoms with Crippen molar-refractivity contribution >= 4 is 34.8 Å². The summed E-state index contributed by atoms with van der Waals surface area (Å²) in [4.78, 5) is 6.52. The normalized spacial score (nSPS) is 20.9. The molecule has 3 N–H and O–H groups in total. The van der Waals surface area contributed by atoms with Crippen LogP contribution in [0.2, 0.25) is 10.0 Å². The molecule has 1 aromatic rings. The van der Waals surface area contributed by atoms with Crippen LogP contribution in [0.15, 0.2) is 6.07 Å². The maximum atomic E-state index is 6.28. The van der Waals surface area contributed by atoms with Crippen LogP contribution < -0.4 is 16.2 Å². The Morgan fingerprint density at radius 3 is 2.25 bits per heavy atom. The van der Waals surface area contributed by atoms with Gasteiger partial charge in [-0.25, -0.2) is 10.8 Å². The predicted molar refractivity (Wildman–Crippen MR) is 83.5 cm³/mol. The molecule has 0 bridgehead atoms. The minimum absolute atomic E-state index is 0.289. The quantitative estimate of drug-likeness (QED) is 0.648. The fourth-order valence-corrected chi connectivity index (χ4v) is 3.25. The molecular weight excluding hydrogens is 299 g/mol. The summed E-state index contributed by atoms with van der Waals surface area (Å²) in [6, 6.07) is 1.65. The highest BCUT2D eigenvalue weighted by Gasteiger charge is 2.39. The minimum atomic E-state index is -0.289. The number of ether oxygens (including phenoxy) is 1. The summed E-state index contributed by atoms with van der Waals surface area (Å²) in [7, 11) is 0. The number of rotatable bonds is 2. The van der Waals surface area contributed by atoms with Crippen molar-refractivity contribution in [3.05, 3.63) is 16.1 Å². The average Bonchev–Trinajstić information content (AvgIpc) is 2.24. The van der Waals surface area contributed by atoms with E-state index in [1.807, 2.05) is 27.7 Å². The van der Waals surface area contributed by atoms with Crippen molar-refractivity contribution in [1.82, 2.24) is 4.98 Å². The number of hydrogen-bond acceptors (Lipinski definition) is 5. The third kappa shape index (κ3) is 3.28. The molecule has 1 aromatic heterocycles. The fraction of sp³-hybridized carbons (Fsp3) is 0.615. The largest absolute Gasteiger partial charge is 0.366 e. The van der Waals surface area contributed by atoms with E-state index in [2.05, 4.69) is 15.3 Å². The van der Waals surface area contributed by atoms with E-state index in [4.69, 9.17) is 33.8 Å². The van der Waals surface area contributed by atoms with Gasteiger partial charge in [0.1, 0.15) is 5.82 Å². The van der Waals surface area contributed by atoms with Gasteiger partial charge in [0.15, 0.2) is 5.82 Å². The van der Waals surface area contributed by atoms with E-state index in [9.17, 15) is 0 Å². The Hall–Kier alpha value is -0.750. The fourth-order valence-electron chi connectivity index (χ4n) is 2.72. The molecule has 0 aliphatic carbocycles. The molecule has 0 aromatic carbocycles. The highest BCUT2D eigenvalue weighted by molar-refractivity contribution is 6.37. The second-order valence-electron chi connectivity index (χ2n) is 6.25. The molecule has 7 heteroatoms. The van der Waals surface area contributed by atoms with Crippen LogP contribution in [0.1, 0.15) is 27.7 Å². The lowest BCUT2D eigenvalue weighted by Crippen LogP contribution is -2.57. The Morgan fingerprint density at radius 1 is 1.20 bits per heavy atom. The van der Waals surface area contributed by atoms with E-state index < -0.39 is 0 Å². The Labute approximate surface area is 129 Å². The second-order valence-corrected chi connectivity index (χ2v) is 7.06. The molecule has 1 saturated heterocycles. The third-order valence-corrected chi connectivity index (χ3v) is 3.61. The molecule has 0 spiro atoms. The Kier molecular flexibility index (Phi) is 4.08. The van der Waals surface area contributed by atoms with Gasteiger partial charge >= 0.3 is 0 Å². The van der Waals surface area contributed by atoms with Crippen LogP contribution in [0.3, 0.4) is 0 Å². The van der Waals surface area contributed by atoms with Crippen molar-refractivity contribution in [3.8, 4) is 0 Å². The number of hydrogen-bond donors (Lipinski definition) is 2. The summed E-state index contributed by atoms with van der Waals surface area (Å²) in [6.07, 6.45) is 0. The van der Waals surface area contributed by atoms with Crippen molar-refractivity contribution in [2.75, 3.05) is 23.4 Å². The highest BCUT2D eigenvalue weighted by atomic mass is 35.5. The van der Waals surface area contributed by atoms with Crippen molar-refractivity contribution < 1.29 is 4.74 Å². The lowest BCUT2D eigenvalue weighted by atomic mass is 9.99. The first kappa shape index (κ1) is 15.6. The molecule has 0 radical (unpaired) electrons. The Bertz CT molecular complexity index is 503. The maximum absolute atomic E-state index is 6.28. The molecule has 1 aliphatic heterocycles. The Balaban J connectivity index is 2.40. The number of morpholine rings is 1. The molecule has 20 heavy (non-hydrogen) atoms. The van der Waals surface area contributed by atoms with Gasteiger partial charge in [0.2, 0.25) is 0 Å². The van der Waals surface area contributed by atoms with Gasteiger partial charge < -0.3 is 15.1 Å². The van der Waals surface area contributed by atoms with Gasteiger partial charge in [-0.2, -0.15) is 0 Å². The van der Waals surface area contributed by atoms with Crippen LogP contribution >= 0.6 is 23.2 Å². The van der Waals surface area contributed by atoms with Gasteiger partial charge in [-0.05, 0) is 33.8 Å². The van der Waals surface area contributed by atoms with Crippen LogP contribution in [-0.4, -0.2) is 29.3 Å². The lowest BCUT2D eigenvalue weighted by Gasteiger charge is -2.47. The van der Waals surface area contributed by atoms with Crippen LogP contribution in [-0.2, 0) is 4.74 Å². The first-order valence-electron chi connectivity index (χ1n) is 6.41. The van der Waals surface area contributed by atoms with Crippen LogP contribution in [0.4, 0.5) is 11.6 Å². The Morgan fingerprint density at radius 2 is 1.75 bits per heavy atom. The number of halogens is 2. The third-order valence-electron chi connectivity index (χ3n) is 3.04. The molecule has 1 fully saturated rings. The van der Waals surface area contributed by atoms with E-state index in [0.29, 0.717) is 34.8 Å². The summed E-state index contributed by atoms with van der Waals surface area (Å²) in [5.41, 5.74) is 1.91. The van der Waals surface area contributed by atoms with Gasteiger partial charge in [-0.3, -0.25) is 0 Å². The minimum Gasteiger partial charge on any atom is -0.366 e. The van der Waals surface area contributed by atoms with Crippen LogP contribution in [0.25, 0.3) is 0 Å². The van der Waals surface area contributed by atoms with Crippen molar-refractivity contribution in [1.29, 1.82) is 0 Å². The lowest BCUT2D eigenvalue weighted by molar-refractivity contribution is -0.133. The zero-order valence-corrected chi connectivity index (χ0v) is 13.6. The summed E-state index contributed by atoms with van der Waals surface area (Å²) in [5.74, 6) is 6.49. The van der Waals surface area contributed by atoms with Gasteiger partial charge in [0, 0.05) is 13.1 Å². The zero-order valence-electron chi connectivity index (χ0n) is 12.1. The molecule has 112 valence electrons. The topological polar surface area (TPSA) is 63.4 Å². The van der Waals surface area contributed by atoms with Gasteiger partial charge in [0.25, 0.3) is 0 Å². The zero-order chi connectivity index (χ0) is 15.1. The maximum Gasteiger partial charge on any atom is 0.161 e. The molecular formula is C13H20Cl2N4O. The molecule has 1 aliphatic rings. The number of nitrogens with one attached hydrogen (secondary N) is 1. The molecule has 0 amide bonds. The number of nitrogens with zero attached hydrogens (tertiary/aromatic N) is 2. The SMILES string of the molecule is CC1(C)CN(c2nc(NN)c(Cl)cc2Cl)CC(C)(C)O1. The van der Waals surface area contributed by atoms with E-state index in [0.717, 1.165) is 0 Å².